The van der Waals surface area contributed by atoms with Crippen LogP contribution in [-0.4, -0.2) is 23.8 Å². The number of nitrogens with one attached hydrogen (secondary N) is 2. The molecule has 1 aliphatic heterocycles. The van der Waals surface area contributed by atoms with Gasteiger partial charge >= 0.3 is 0 Å². The minimum Gasteiger partial charge on any atom is -0.496 e. The van der Waals surface area contributed by atoms with E-state index in [0.717, 1.165) is 32.4 Å². The lowest BCUT2D eigenvalue weighted by atomic mass is 9.68. The highest BCUT2D eigenvalue weighted by Crippen LogP contribution is 2.47. The molecule has 2 aliphatic rings. The van der Waals surface area contributed by atoms with Gasteiger partial charge in [0.25, 0.3) is 5.91 Å². The molecular weight excluding hydrogens is 630 g/mol. The zero-order chi connectivity index (χ0) is 31.1. The number of aromatic nitrogens is 1. The molecule has 1 aliphatic carbocycles. The third-order valence-corrected chi connectivity index (χ3v) is 8.96. The lowest BCUT2D eigenvalue weighted by Crippen LogP contribution is -2.39. The summed E-state index contributed by atoms with van der Waals surface area (Å²) in [4.78, 5) is 32.0. The van der Waals surface area contributed by atoms with E-state index in [1.54, 1.807) is 19.4 Å². The quantitative estimate of drug-likeness (QED) is 0.267. The third kappa shape index (κ3) is 6.50. The van der Waals surface area contributed by atoms with Gasteiger partial charge in [0.15, 0.2) is 5.78 Å². The van der Waals surface area contributed by atoms with Crippen molar-refractivity contribution in [2.24, 2.45) is 5.41 Å². The number of methoxy groups -OCH3 is 1. The Morgan fingerprint density at radius 1 is 1.12 bits per heavy atom. The number of anilines is 1. The minimum absolute atomic E-state index is 0.0315. The first-order valence-electron chi connectivity index (χ1n) is 14.1. The number of carbonyl (C=O) groups is 2. The molecule has 43 heavy (non-hydrogen) atoms. The van der Waals surface area contributed by atoms with E-state index < -0.39 is 5.92 Å². The summed E-state index contributed by atoms with van der Waals surface area (Å²) in [5.41, 5.74) is 5.93. The molecule has 2 heterocycles. The number of aryl methyl sites for hydroxylation is 2. The van der Waals surface area contributed by atoms with Gasteiger partial charge in [-0.15, -0.1) is 0 Å². The molecule has 7 nitrogen and oxygen atoms in total. The fraction of sp³-hybridized carbons (Fsp3) is 0.324. The van der Waals surface area contributed by atoms with E-state index >= 15 is 0 Å². The van der Waals surface area contributed by atoms with Crippen molar-refractivity contribution in [3.05, 3.63) is 103 Å². The number of ether oxygens (including phenoxy) is 2. The van der Waals surface area contributed by atoms with E-state index in [0.29, 0.717) is 52.0 Å². The Balaban J connectivity index is 1.56. The first kappa shape index (κ1) is 30.8. The Morgan fingerprint density at radius 2 is 1.84 bits per heavy atom. The molecule has 1 aromatic heterocycles. The Kier molecular flexibility index (Phi) is 8.72. The number of rotatable bonds is 7. The molecule has 0 radical (unpaired) electrons. The summed E-state index contributed by atoms with van der Waals surface area (Å²) in [6, 6.07) is 13.1. The van der Waals surface area contributed by atoms with Crippen molar-refractivity contribution in [2.75, 3.05) is 12.4 Å². The predicted molar refractivity (Wildman–Crippen MR) is 172 cm³/mol. The summed E-state index contributed by atoms with van der Waals surface area (Å²) in [6.07, 6.45) is 2.72. The zero-order valence-corrected chi connectivity index (χ0v) is 27.5. The van der Waals surface area contributed by atoms with Crippen molar-refractivity contribution in [1.29, 1.82) is 0 Å². The highest BCUT2D eigenvalue weighted by Gasteiger charge is 2.43. The van der Waals surface area contributed by atoms with Gasteiger partial charge in [-0.2, -0.15) is 0 Å². The second kappa shape index (κ2) is 12.2. The van der Waals surface area contributed by atoms with Crippen LogP contribution in [0, 0.1) is 19.3 Å². The van der Waals surface area contributed by atoms with E-state index in [-0.39, 0.29) is 23.7 Å². The van der Waals surface area contributed by atoms with Gasteiger partial charge in [0.1, 0.15) is 23.9 Å². The molecule has 1 amide bonds. The Morgan fingerprint density at radius 3 is 2.49 bits per heavy atom. The van der Waals surface area contributed by atoms with E-state index in [1.807, 2.05) is 57.2 Å². The number of Topliss-reactive ketones (excluding diaryl/α,β-unsaturated/α-hetero) is 1. The van der Waals surface area contributed by atoms with Gasteiger partial charge < -0.3 is 20.1 Å². The Hall–Kier alpha value is -3.62. The first-order chi connectivity index (χ1) is 20.4. The maximum absolute atomic E-state index is 13.9. The molecule has 0 saturated heterocycles. The van der Waals surface area contributed by atoms with Crippen LogP contribution in [-0.2, 0) is 16.2 Å². The van der Waals surface area contributed by atoms with Crippen molar-refractivity contribution >= 4 is 45.0 Å². The lowest BCUT2D eigenvalue weighted by Gasteiger charge is -2.39. The van der Waals surface area contributed by atoms with Crippen LogP contribution in [0.1, 0.15) is 61.8 Å². The van der Waals surface area contributed by atoms with Gasteiger partial charge in [-0.25, -0.2) is 4.98 Å². The van der Waals surface area contributed by atoms with Crippen LogP contribution in [0.5, 0.6) is 11.5 Å². The van der Waals surface area contributed by atoms with Crippen LogP contribution in [0.4, 0.5) is 5.82 Å². The predicted octanol–water partition coefficient (Wildman–Crippen LogP) is 7.94. The topological polar surface area (TPSA) is 89.5 Å². The number of allylic oxidation sites excluding steroid dienone is 3. The fourth-order valence-corrected chi connectivity index (χ4v) is 6.29. The summed E-state index contributed by atoms with van der Waals surface area (Å²) in [5.74, 6) is 0.886. The zero-order valence-electron chi connectivity index (χ0n) is 25.2. The van der Waals surface area contributed by atoms with Crippen molar-refractivity contribution in [3.8, 4) is 11.5 Å². The van der Waals surface area contributed by atoms with E-state index in [1.165, 1.54) is 0 Å². The molecule has 224 valence electrons. The highest BCUT2D eigenvalue weighted by molar-refractivity contribution is 9.10. The lowest BCUT2D eigenvalue weighted by molar-refractivity contribution is -0.118. The SMILES string of the molecule is COc1ccc(C2C(C(=O)Nc3ccc(Br)cn3)=C(C)NC3=C2C(=O)CC(C)(C)C3)cc1COc1cc(C)c(Cl)c(C)c1. The van der Waals surface area contributed by atoms with Crippen molar-refractivity contribution in [3.63, 3.8) is 0 Å². The summed E-state index contributed by atoms with van der Waals surface area (Å²) < 4.78 is 12.7. The van der Waals surface area contributed by atoms with Gasteiger partial charge in [0.2, 0.25) is 0 Å². The Labute approximate surface area is 265 Å². The molecule has 9 heteroatoms. The minimum atomic E-state index is -0.583. The highest BCUT2D eigenvalue weighted by atomic mass is 79.9. The fourth-order valence-electron chi connectivity index (χ4n) is 5.95. The van der Waals surface area contributed by atoms with Crippen molar-refractivity contribution in [1.82, 2.24) is 10.3 Å². The molecular formula is C34H35BrClN3O4. The molecule has 1 unspecified atom stereocenters. The summed E-state index contributed by atoms with van der Waals surface area (Å²) >= 11 is 9.74. The molecule has 0 fully saturated rings. The van der Waals surface area contributed by atoms with Crippen LogP contribution in [0.15, 0.2) is 75.7 Å². The number of dihydropyridines is 1. The Bertz CT molecular complexity index is 1650. The standard InChI is InChI=1S/C34H35BrClN3O4/c1-18-11-24(12-19(2)32(18)36)43-17-22-13-21(7-9-27(22)42-6)30-29(33(41)39-28-10-8-23(35)16-37-28)20(3)38-25-14-34(4,5)15-26(40)31(25)30/h7-13,16,30,38H,14-15,17H2,1-6H3,(H,37,39,41). The number of halogens is 2. The summed E-state index contributed by atoms with van der Waals surface area (Å²) in [5, 5.41) is 7.07. The largest absolute Gasteiger partial charge is 0.496 e. The number of nitrogens with zero attached hydrogens (tertiary/aromatic N) is 1. The number of ketones is 1. The van der Waals surface area contributed by atoms with Gasteiger partial charge in [0, 0.05) is 56.1 Å². The average Bonchev–Trinajstić information content (AvgIpc) is 2.94. The van der Waals surface area contributed by atoms with Crippen molar-refractivity contribution in [2.45, 2.75) is 60.0 Å². The van der Waals surface area contributed by atoms with Crippen LogP contribution in [0.3, 0.4) is 0 Å². The molecule has 2 aromatic carbocycles. The van der Waals surface area contributed by atoms with Crippen LogP contribution in [0.25, 0.3) is 0 Å². The molecule has 2 N–H and O–H groups in total. The van der Waals surface area contributed by atoms with Crippen LogP contribution >= 0.6 is 27.5 Å². The normalized spacial score (nSPS) is 17.8. The van der Waals surface area contributed by atoms with Gasteiger partial charge in [-0.1, -0.05) is 31.5 Å². The van der Waals surface area contributed by atoms with E-state index in [2.05, 4.69) is 45.4 Å². The maximum atomic E-state index is 13.9. The van der Waals surface area contributed by atoms with Gasteiger partial charge in [-0.05, 0) is 102 Å². The average molecular weight is 665 g/mol. The molecule has 0 saturated carbocycles. The molecule has 1 atom stereocenters. The number of pyridine rings is 1. The van der Waals surface area contributed by atoms with Crippen molar-refractivity contribution < 1.29 is 19.1 Å². The third-order valence-electron chi connectivity index (χ3n) is 7.90. The number of carbonyl (C=O) groups excluding carboxylic acids is 2. The van der Waals surface area contributed by atoms with Crippen LogP contribution in [0.2, 0.25) is 5.02 Å². The second-order valence-corrected chi connectivity index (χ2v) is 13.3. The monoisotopic (exact) mass is 663 g/mol. The molecule has 3 aromatic rings. The summed E-state index contributed by atoms with van der Waals surface area (Å²) in [7, 11) is 1.61. The summed E-state index contributed by atoms with van der Waals surface area (Å²) in [6.45, 7) is 10.2. The molecule has 5 rings (SSSR count). The van der Waals surface area contributed by atoms with Gasteiger partial charge in [-0.3, -0.25) is 9.59 Å². The number of hydrogen-bond acceptors (Lipinski definition) is 6. The molecule has 0 spiro atoms. The number of benzene rings is 2. The molecule has 0 bridgehead atoms. The number of amides is 1. The number of hydrogen-bond donors (Lipinski definition) is 2. The first-order valence-corrected chi connectivity index (χ1v) is 15.3. The van der Waals surface area contributed by atoms with E-state index in [9.17, 15) is 9.59 Å². The van der Waals surface area contributed by atoms with Gasteiger partial charge in [0.05, 0.1) is 7.11 Å². The smallest absolute Gasteiger partial charge is 0.255 e. The van der Waals surface area contributed by atoms with Crippen LogP contribution < -0.4 is 20.1 Å². The second-order valence-electron chi connectivity index (χ2n) is 12.0. The maximum Gasteiger partial charge on any atom is 0.255 e. The van der Waals surface area contributed by atoms with E-state index in [4.69, 9.17) is 21.1 Å².